The van der Waals surface area contributed by atoms with Crippen LogP contribution >= 0.6 is 0 Å². The number of rotatable bonds is 3. The summed E-state index contributed by atoms with van der Waals surface area (Å²) < 4.78 is 0. The lowest BCUT2D eigenvalue weighted by Gasteiger charge is -2.03. The zero-order chi connectivity index (χ0) is 15.4. The molecule has 1 heterocycles. The van der Waals surface area contributed by atoms with Crippen LogP contribution in [0, 0.1) is 0 Å². The summed E-state index contributed by atoms with van der Waals surface area (Å²) in [5.74, 6) is -0.0634. The summed E-state index contributed by atoms with van der Waals surface area (Å²) in [6.07, 6.45) is 5.96. The third kappa shape index (κ3) is 3.20. The van der Waals surface area contributed by atoms with Crippen molar-refractivity contribution in [3.05, 3.63) is 71.9 Å². The first-order valence-electron chi connectivity index (χ1n) is 7.12. The molecule has 108 valence electrons. The quantitative estimate of drug-likeness (QED) is 0.778. The minimum Gasteiger partial charge on any atom is -0.326 e. The Morgan fingerprint density at radius 1 is 1.00 bits per heavy atom. The second-order valence-electron chi connectivity index (χ2n) is 5.05. The van der Waals surface area contributed by atoms with Gasteiger partial charge in [-0.1, -0.05) is 42.5 Å². The van der Waals surface area contributed by atoms with Crippen molar-refractivity contribution in [3.63, 3.8) is 0 Å². The summed E-state index contributed by atoms with van der Waals surface area (Å²) in [5.41, 5.74) is 4.01. The van der Waals surface area contributed by atoms with Crippen LogP contribution in [-0.2, 0) is 4.79 Å². The Kier molecular flexibility index (Phi) is 3.97. The van der Waals surface area contributed by atoms with E-state index >= 15 is 0 Å². The van der Waals surface area contributed by atoms with Crippen LogP contribution in [0.1, 0.15) is 18.1 Å². The number of nitrogens with zero attached hydrogens (tertiary/aromatic N) is 1. The number of benzene rings is 2. The molecule has 3 rings (SSSR count). The fourth-order valence-corrected chi connectivity index (χ4v) is 2.33. The molecule has 1 amide bonds. The Morgan fingerprint density at radius 3 is 2.55 bits per heavy atom. The minimum atomic E-state index is -0.0634. The number of para-hydroxylation sites is 1. The summed E-state index contributed by atoms with van der Waals surface area (Å²) in [6, 6.07) is 17.8. The molecule has 3 aromatic rings. The molecule has 2 aromatic carbocycles. The predicted octanol–water partition coefficient (Wildman–Crippen LogP) is 4.36. The molecular formula is C19H16N2O. The maximum atomic E-state index is 11.0. The van der Waals surface area contributed by atoms with Crippen molar-refractivity contribution in [2.75, 3.05) is 5.32 Å². The molecule has 0 bridgehead atoms. The van der Waals surface area contributed by atoms with E-state index in [1.54, 1.807) is 0 Å². The van der Waals surface area contributed by atoms with E-state index < -0.39 is 0 Å². The first-order chi connectivity index (χ1) is 10.7. The maximum Gasteiger partial charge on any atom is 0.221 e. The van der Waals surface area contributed by atoms with Gasteiger partial charge in [-0.2, -0.15) is 0 Å². The normalized spacial score (nSPS) is 11.0. The van der Waals surface area contributed by atoms with Gasteiger partial charge in [0.25, 0.3) is 0 Å². The van der Waals surface area contributed by atoms with E-state index in [1.165, 1.54) is 6.92 Å². The van der Waals surface area contributed by atoms with Crippen LogP contribution in [-0.4, -0.2) is 10.9 Å². The molecule has 0 spiro atoms. The smallest absolute Gasteiger partial charge is 0.221 e. The largest absolute Gasteiger partial charge is 0.326 e. The summed E-state index contributed by atoms with van der Waals surface area (Å²) in [5, 5.41) is 3.89. The zero-order valence-electron chi connectivity index (χ0n) is 12.3. The van der Waals surface area contributed by atoms with Crippen molar-refractivity contribution >= 4 is 34.6 Å². The number of nitrogens with one attached hydrogen (secondary N) is 1. The number of pyridine rings is 1. The second-order valence-corrected chi connectivity index (χ2v) is 5.05. The van der Waals surface area contributed by atoms with Gasteiger partial charge < -0.3 is 5.32 Å². The SMILES string of the molecule is CC(=O)Nc1ccc(/C=C/c2ccnc3ccccc23)cc1. The molecule has 3 nitrogen and oxygen atoms in total. The van der Waals surface area contributed by atoms with Gasteiger partial charge in [-0.15, -0.1) is 0 Å². The van der Waals surface area contributed by atoms with Gasteiger partial charge >= 0.3 is 0 Å². The van der Waals surface area contributed by atoms with E-state index in [2.05, 4.69) is 28.5 Å². The zero-order valence-corrected chi connectivity index (χ0v) is 12.3. The topological polar surface area (TPSA) is 42.0 Å². The van der Waals surface area contributed by atoms with Crippen molar-refractivity contribution in [1.29, 1.82) is 0 Å². The number of hydrogen-bond acceptors (Lipinski definition) is 2. The molecule has 0 aliphatic rings. The highest BCUT2D eigenvalue weighted by Crippen LogP contribution is 2.19. The minimum absolute atomic E-state index is 0.0634. The summed E-state index contributed by atoms with van der Waals surface area (Å²) >= 11 is 0. The molecule has 22 heavy (non-hydrogen) atoms. The molecule has 0 radical (unpaired) electrons. The number of hydrogen-bond donors (Lipinski definition) is 1. The first-order valence-corrected chi connectivity index (χ1v) is 7.12. The number of aromatic nitrogens is 1. The van der Waals surface area contributed by atoms with E-state index in [4.69, 9.17) is 0 Å². The van der Waals surface area contributed by atoms with Gasteiger partial charge in [0.1, 0.15) is 0 Å². The molecule has 0 saturated carbocycles. The second kappa shape index (κ2) is 6.22. The van der Waals surface area contributed by atoms with Crippen LogP contribution in [0.3, 0.4) is 0 Å². The Hall–Kier alpha value is -2.94. The molecule has 1 aromatic heterocycles. The van der Waals surface area contributed by atoms with Gasteiger partial charge in [-0.3, -0.25) is 9.78 Å². The average Bonchev–Trinajstić information content (AvgIpc) is 2.54. The average molecular weight is 288 g/mol. The number of anilines is 1. The van der Waals surface area contributed by atoms with Gasteiger partial charge in [-0.25, -0.2) is 0 Å². The molecule has 0 atom stereocenters. The molecule has 0 unspecified atom stereocenters. The third-order valence-electron chi connectivity index (χ3n) is 3.37. The van der Waals surface area contributed by atoms with Crippen LogP contribution in [0.5, 0.6) is 0 Å². The Bertz CT molecular complexity index is 830. The molecule has 0 fully saturated rings. The predicted molar refractivity (Wildman–Crippen MR) is 91.4 cm³/mol. The molecule has 1 N–H and O–H groups in total. The maximum absolute atomic E-state index is 11.0. The molecule has 0 saturated heterocycles. The van der Waals surface area contributed by atoms with Crippen LogP contribution in [0.25, 0.3) is 23.1 Å². The van der Waals surface area contributed by atoms with E-state index in [-0.39, 0.29) is 5.91 Å². The number of amides is 1. The van der Waals surface area contributed by atoms with Crippen LogP contribution in [0.4, 0.5) is 5.69 Å². The van der Waals surface area contributed by atoms with Crippen LogP contribution < -0.4 is 5.32 Å². The number of carbonyl (C=O) groups is 1. The van der Waals surface area contributed by atoms with Crippen LogP contribution in [0.2, 0.25) is 0 Å². The molecule has 0 aliphatic heterocycles. The van der Waals surface area contributed by atoms with Gasteiger partial charge in [0, 0.05) is 24.2 Å². The lowest BCUT2D eigenvalue weighted by molar-refractivity contribution is -0.114. The Labute approximate surface area is 129 Å². The van der Waals surface area contributed by atoms with Gasteiger partial charge in [-0.05, 0) is 35.4 Å². The lowest BCUT2D eigenvalue weighted by atomic mass is 10.1. The molecule has 0 aliphatic carbocycles. The van der Waals surface area contributed by atoms with Gasteiger partial charge in [0.15, 0.2) is 0 Å². The summed E-state index contributed by atoms with van der Waals surface area (Å²) in [6.45, 7) is 1.50. The fourth-order valence-electron chi connectivity index (χ4n) is 2.33. The van der Waals surface area contributed by atoms with Crippen LogP contribution in [0.15, 0.2) is 60.8 Å². The molecule has 3 heteroatoms. The van der Waals surface area contributed by atoms with Gasteiger partial charge in [0.2, 0.25) is 5.91 Å². The highest BCUT2D eigenvalue weighted by Gasteiger charge is 1.98. The van der Waals surface area contributed by atoms with Crippen molar-refractivity contribution in [1.82, 2.24) is 4.98 Å². The Balaban J connectivity index is 1.85. The van der Waals surface area contributed by atoms with Crippen molar-refractivity contribution in [2.24, 2.45) is 0 Å². The lowest BCUT2D eigenvalue weighted by Crippen LogP contribution is -2.05. The van der Waals surface area contributed by atoms with Gasteiger partial charge in [0.05, 0.1) is 5.52 Å². The van der Waals surface area contributed by atoms with E-state index in [1.807, 2.05) is 54.7 Å². The monoisotopic (exact) mass is 288 g/mol. The van der Waals surface area contributed by atoms with E-state index in [0.29, 0.717) is 0 Å². The van der Waals surface area contributed by atoms with Crippen molar-refractivity contribution in [2.45, 2.75) is 6.92 Å². The Morgan fingerprint density at radius 2 is 1.77 bits per heavy atom. The fraction of sp³-hybridized carbons (Fsp3) is 0.0526. The highest BCUT2D eigenvalue weighted by atomic mass is 16.1. The highest BCUT2D eigenvalue weighted by molar-refractivity contribution is 5.91. The summed E-state index contributed by atoms with van der Waals surface area (Å²) in [7, 11) is 0. The third-order valence-corrected chi connectivity index (χ3v) is 3.37. The van der Waals surface area contributed by atoms with E-state index in [0.717, 1.165) is 27.7 Å². The summed E-state index contributed by atoms with van der Waals surface area (Å²) in [4.78, 5) is 15.4. The number of fused-ring (bicyclic) bond motifs is 1. The molecular weight excluding hydrogens is 272 g/mol. The van der Waals surface area contributed by atoms with Crippen molar-refractivity contribution in [3.8, 4) is 0 Å². The van der Waals surface area contributed by atoms with Crippen molar-refractivity contribution < 1.29 is 4.79 Å². The van der Waals surface area contributed by atoms with E-state index in [9.17, 15) is 4.79 Å². The first kappa shape index (κ1) is 14.0. The standard InChI is InChI=1S/C19H16N2O/c1-14(22)21-17-10-7-15(8-11-17)6-9-16-12-13-20-19-5-3-2-4-18(16)19/h2-13H,1H3,(H,21,22)/b9-6+. The number of carbonyl (C=O) groups excluding carboxylic acids is 1.